The minimum absolute atomic E-state index is 0.277. The Morgan fingerprint density at radius 1 is 1.21 bits per heavy atom. The largest absolute Gasteiger partial charge is 0.497 e. The number of ether oxygens (including phenoxy) is 1. The fraction of sp³-hybridized carbons (Fsp3) is 0.263. The van der Waals surface area contributed by atoms with Gasteiger partial charge in [-0.3, -0.25) is 9.59 Å². The number of methoxy groups -OCH3 is 1. The van der Waals surface area contributed by atoms with Crippen molar-refractivity contribution in [1.29, 1.82) is 0 Å². The van der Waals surface area contributed by atoms with Crippen LogP contribution in [-0.4, -0.2) is 23.9 Å². The molecule has 2 aromatic carbocycles. The highest BCUT2D eigenvalue weighted by Crippen LogP contribution is 2.41. The number of hydrogen-bond acceptors (Lipinski definition) is 4. The Morgan fingerprint density at radius 2 is 1.96 bits per heavy atom. The van der Waals surface area contributed by atoms with Crippen molar-refractivity contribution in [2.75, 3.05) is 12.4 Å². The van der Waals surface area contributed by atoms with Crippen LogP contribution in [0.15, 0.2) is 36.4 Å². The molecule has 0 bridgehead atoms. The summed E-state index contributed by atoms with van der Waals surface area (Å²) in [7, 11) is 1.51. The zero-order valence-corrected chi connectivity index (χ0v) is 13.8. The van der Waals surface area contributed by atoms with Gasteiger partial charge < -0.3 is 15.2 Å². The summed E-state index contributed by atoms with van der Waals surface area (Å²) in [5, 5.41) is 13.5. The van der Waals surface area contributed by atoms with E-state index in [4.69, 9.17) is 4.74 Å². The van der Waals surface area contributed by atoms with E-state index in [0.717, 1.165) is 11.1 Å². The number of ketones is 1. The number of aryl methyl sites for hydroxylation is 2. The Kier molecular flexibility index (Phi) is 3.89. The second-order valence-electron chi connectivity index (χ2n) is 6.14. The molecule has 0 fully saturated rings. The normalized spacial score (nSPS) is 18.9. The third kappa shape index (κ3) is 2.57. The topological polar surface area (TPSA) is 75.6 Å². The van der Waals surface area contributed by atoms with E-state index >= 15 is 0 Å². The van der Waals surface area contributed by atoms with Gasteiger partial charge in [0.2, 0.25) is 0 Å². The number of rotatable bonds is 4. The van der Waals surface area contributed by atoms with E-state index in [2.05, 4.69) is 5.32 Å². The molecular formula is C19H19NO4. The number of aliphatic hydroxyl groups is 1. The predicted molar refractivity (Wildman–Crippen MR) is 90.4 cm³/mol. The quantitative estimate of drug-likeness (QED) is 0.848. The molecule has 1 aliphatic rings. The van der Waals surface area contributed by atoms with Gasteiger partial charge in [-0.15, -0.1) is 0 Å². The van der Waals surface area contributed by atoms with Crippen LogP contribution in [0.4, 0.5) is 5.69 Å². The Bertz CT molecular complexity index is 843. The van der Waals surface area contributed by atoms with E-state index in [1.165, 1.54) is 7.11 Å². The average molecular weight is 325 g/mol. The van der Waals surface area contributed by atoms with Gasteiger partial charge in [0.25, 0.3) is 5.91 Å². The maximum absolute atomic E-state index is 12.7. The van der Waals surface area contributed by atoms with Gasteiger partial charge in [0.05, 0.1) is 13.5 Å². The van der Waals surface area contributed by atoms with Gasteiger partial charge in [-0.2, -0.15) is 0 Å². The first-order valence-electron chi connectivity index (χ1n) is 7.68. The van der Waals surface area contributed by atoms with Crippen molar-refractivity contribution in [3.8, 4) is 5.75 Å². The van der Waals surface area contributed by atoms with E-state index in [1.54, 1.807) is 24.3 Å². The predicted octanol–water partition coefficient (Wildman–Crippen LogP) is 2.72. The van der Waals surface area contributed by atoms with Gasteiger partial charge >= 0.3 is 0 Å². The van der Waals surface area contributed by atoms with Crippen LogP contribution < -0.4 is 10.1 Å². The first kappa shape index (κ1) is 16.2. The van der Waals surface area contributed by atoms with Gasteiger partial charge in [0.15, 0.2) is 11.4 Å². The minimum Gasteiger partial charge on any atom is -0.497 e. The molecule has 0 radical (unpaired) electrons. The number of hydrogen-bond donors (Lipinski definition) is 2. The Balaban J connectivity index is 1.97. The third-order valence-corrected chi connectivity index (χ3v) is 4.39. The summed E-state index contributed by atoms with van der Waals surface area (Å²) in [5.74, 6) is -0.354. The number of carbonyl (C=O) groups is 2. The molecule has 1 atom stereocenters. The molecule has 0 aliphatic carbocycles. The number of fused-ring (bicyclic) bond motifs is 1. The van der Waals surface area contributed by atoms with Crippen molar-refractivity contribution in [2.24, 2.45) is 0 Å². The van der Waals surface area contributed by atoms with E-state index in [0.29, 0.717) is 22.6 Å². The maximum Gasteiger partial charge on any atom is 0.261 e. The van der Waals surface area contributed by atoms with Gasteiger partial charge in [-0.25, -0.2) is 0 Å². The molecule has 5 nitrogen and oxygen atoms in total. The zero-order chi connectivity index (χ0) is 17.5. The smallest absolute Gasteiger partial charge is 0.261 e. The lowest BCUT2D eigenvalue weighted by Crippen LogP contribution is -2.36. The molecule has 1 unspecified atom stereocenters. The Morgan fingerprint density at radius 3 is 2.62 bits per heavy atom. The summed E-state index contributed by atoms with van der Waals surface area (Å²) >= 11 is 0. The molecule has 1 amide bonds. The molecule has 2 N–H and O–H groups in total. The molecule has 124 valence electrons. The highest BCUT2D eigenvalue weighted by Gasteiger charge is 2.47. The Hall–Kier alpha value is -2.66. The van der Waals surface area contributed by atoms with Gasteiger partial charge in [-0.05, 0) is 37.6 Å². The van der Waals surface area contributed by atoms with Crippen molar-refractivity contribution in [1.82, 2.24) is 0 Å². The van der Waals surface area contributed by atoms with Crippen LogP contribution in [0, 0.1) is 13.8 Å². The van der Waals surface area contributed by atoms with Crippen molar-refractivity contribution in [3.05, 3.63) is 58.7 Å². The minimum atomic E-state index is -1.89. The second-order valence-corrected chi connectivity index (χ2v) is 6.14. The molecule has 3 rings (SSSR count). The summed E-state index contributed by atoms with van der Waals surface area (Å²) in [6.07, 6.45) is -0.317. The fourth-order valence-electron chi connectivity index (χ4n) is 3.08. The standard InChI is InChI=1S/C19H19NO4/c1-11-4-6-14(12(2)8-11)17(21)10-19(23)15-9-13(24-3)5-7-16(15)20-18(19)22/h4-9,23H,10H2,1-3H3,(H,20,22). The van der Waals surface area contributed by atoms with Crippen molar-refractivity contribution >= 4 is 17.4 Å². The molecule has 0 aromatic heterocycles. The van der Waals surface area contributed by atoms with Crippen molar-refractivity contribution < 1.29 is 19.4 Å². The zero-order valence-electron chi connectivity index (χ0n) is 13.8. The van der Waals surface area contributed by atoms with Crippen LogP contribution in [0.1, 0.15) is 33.5 Å². The van der Waals surface area contributed by atoms with Gasteiger partial charge in [-0.1, -0.05) is 23.8 Å². The lowest BCUT2D eigenvalue weighted by atomic mass is 9.87. The molecular weight excluding hydrogens is 306 g/mol. The molecule has 1 heterocycles. The first-order chi connectivity index (χ1) is 11.3. The number of nitrogens with one attached hydrogen (secondary N) is 1. The summed E-state index contributed by atoms with van der Waals surface area (Å²) in [4.78, 5) is 25.0. The Labute approximate surface area is 140 Å². The SMILES string of the molecule is COc1ccc2c(c1)C(O)(CC(=O)c1ccc(C)cc1C)C(=O)N2. The molecule has 2 aromatic rings. The number of amides is 1. The summed E-state index contributed by atoms with van der Waals surface area (Å²) in [6, 6.07) is 10.4. The van der Waals surface area contributed by atoms with Crippen LogP contribution >= 0.6 is 0 Å². The molecule has 0 saturated heterocycles. The summed E-state index contributed by atoms with van der Waals surface area (Å²) in [6.45, 7) is 3.79. The summed E-state index contributed by atoms with van der Waals surface area (Å²) < 4.78 is 5.15. The lowest BCUT2D eigenvalue weighted by Gasteiger charge is -2.21. The van der Waals surface area contributed by atoms with Crippen molar-refractivity contribution in [3.63, 3.8) is 0 Å². The number of anilines is 1. The van der Waals surface area contributed by atoms with Gasteiger partial charge in [0.1, 0.15) is 5.75 Å². The fourth-order valence-corrected chi connectivity index (χ4v) is 3.08. The van der Waals surface area contributed by atoms with Crippen molar-refractivity contribution in [2.45, 2.75) is 25.9 Å². The van der Waals surface area contributed by atoms with Crippen LogP contribution in [0.3, 0.4) is 0 Å². The highest BCUT2D eigenvalue weighted by atomic mass is 16.5. The van der Waals surface area contributed by atoms with E-state index in [-0.39, 0.29) is 12.2 Å². The van der Waals surface area contributed by atoms with Crippen LogP contribution in [0.5, 0.6) is 5.75 Å². The average Bonchev–Trinajstić information content (AvgIpc) is 2.77. The van der Waals surface area contributed by atoms with E-state index in [1.807, 2.05) is 26.0 Å². The third-order valence-electron chi connectivity index (χ3n) is 4.39. The number of carbonyl (C=O) groups excluding carboxylic acids is 2. The number of benzene rings is 2. The van der Waals surface area contributed by atoms with Crippen LogP contribution in [0.25, 0.3) is 0 Å². The highest BCUT2D eigenvalue weighted by molar-refractivity contribution is 6.09. The molecule has 0 spiro atoms. The molecule has 5 heteroatoms. The molecule has 0 saturated carbocycles. The second kappa shape index (κ2) is 5.76. The first-order valence-corrected chi connectivity index (χ1v) is 7.68. The van der Waals surface area contributed by atoms with E-state index in [9.17, 15) is 14.7 Å². The lowest BCUT2D eigenvalue weighted by molar-refractivity contribution is -0.133. The van der Waals surface area contributed by atoms with E-state index < -0.39 is 11.5 Å². The maximum atomic E-state index is 12.7. The molecule has 24 heavy (non-hydrogen) atoms. The summed E-state index contributed by atoms with van der Waals surface area (Å²) in [5.41, 5.74) is 1.36. The number of Topliss-reactive ketones (excluding diaryl/α,β-unsaturated/α-hetero) is 1. The van der Waals surface area contributed by atoms with Crippen LogP contribution in [-0.2, 0) is 10.4 Å². The van der Waals surface area contributed by atoms with Crippen LogP contribution in [0.2, 0.25) is 0 Å². The monoisotopic (exact) mass is 325 g/mol. The molecule has 1 aliphatic heterocycles. The van der Waals surface area contributed by atoms with Gasteiger partial charge in [0, 0.05) is 16.8 Å².